The number of hydrogen-bond acceptors (Lipinski definition) is 7. The number of ether oxygens (including phenoxy) is 1. The quantitative estimate of drug-likeness (QED) is 0.311. The molecule has 8 nitrogen and oxygen atoms in total. The maximum absolute atomic E-state index is 12.8. The highest BCUT2D eigenvalue weighted by molar-refractivity contribution is 7.54. The molecule has 0 saturated heterocycles. The molecular formula is C13H18NO7P. The predicted molar refractivity (Wildman–Crippen MR) is 78.5 cm³/mol. The molecule has 1 aromatic carbocycles. The minimum Gasteiger partial charge on any atom is -0.445 e. The zero-order valence-corrected chi connectivity index (χ0v) is 13.4. The molecule has 1 rings (SSSR count). The van der Waals surface area contributed by atoms with Crippen molar-refractivity contribution < 1.29 is 28.1 Å². The van der Waals surface area contributed by atoms with Gasteiger partial charge >= 0.3 is 13.6 Å². The van der Waals surface area contributed by atoms with Gasteiger partial charge in [-0.2, -0.15) is 0 Å². The van der Waals surface area contributed by atoms with Gasteiger partial charge in [-0.25, -0.2) is 0 Å². The summed E-state index contributed by atoms with van der Waals surface area (Å²) in [6.07, 6.45) is 0. The molecule has 0 radical (unpaired) electrons. The minimum atomic E-state index is -3.82. The fourth-order valence-electron chi connectivity index (χ4n) is 1.80. The van der Waals surface area contributed by atoms with Crippen molar-refractivity contribution in [1.82, 2.24) is 0 Å². The summed E-state index contributed by atoms with van der Waals surface area (Å²) in [6, 6.07) is 5.33. The first-order valence-electron chi connectivity index (χ1n) is 6.64. The number of carbonyl (C=O) groups excluding carboxylic acids is 1. The van der Waals surface area contributed by atoms with Gasteiger partial charge in [0.05, 0.1) is 18.1 Å². The first kappa shape index (κ1) is 18.3. The lowest BCUT2D eigenvalue weighted by Gasteiger charge is -2.25. The molecule has 0 aliphatic heterocycles. The van der Waals surface area contributed by atoms with E-state index >= 15 is 0 Å². The number of benzene rings is 1. The van der Waals surface area contributed by atoms with Crippen LogP contribution in [0.3, 0.4) is 0 Å². The summed E-state index contributed by atoms with van der Waals surface area (Å²) in [5.74, 6) is -2.05. The first-order chi connectivity index (χ1) is 10.3. The van der Waals surface area contributed by atoms with Crippen molar-refractivity contribution in [2.45, 2.75) is 26.6 Å². The molecule has 0 fully saturated rings. The summed E-state index contributed by atoms with van der Waals surface area (Å²) in [6.45, 7) is 4.52. The van der Waals surface area contributed by atoms with E-state index < -0.39 is 24.3 Å². The monoisotopic (exact) mass is 331 g/mol. The Hall–Kier alpha value is -1.76. The van der Waals surface area contributed by atoms with Crippen LogP contribution in [-0.4, -0.2) is 24.1 Å². The van der Waals surface area contributed by atoms with E-state index in [0.29, 0.717) is 0 Å². The van der Waals surface area contributed by atoms with Crippen molar-refractivity contribution >= 4 is 19.3 Å². The molecule has 0 N–H and O–H groups in total. The van der Waals surface area contributed by atoms with Gasteiger partial charge in [-0.1, -0.05) is 12.1 Å². The lowest BCUT2D eigenvalue weighted by Crippen LogP contribution is -2.13. The second kappa shape index (κ2) is 8.03. The molecule has 0 aromatic heterocycles. The van der Waals surface area contributed by atoms with Crippen LogP contribution in [0.4, 0.5) is 5.69 Å². The van der Waals surface area contributed by atoms with Crippen LogP contribution in [0.15, 0.2) is 24.3 Å². The molecule has 1 unspecified atom stereocenters. The molecule has 0 saturated carbocycles. The molecule has 0 heterocycles. The van der Waals surface area contributed by atoms with Crippen LogP contribution in [-0.2, 0) is 23.1 Å². The van der Waals surface area contributed by atoms with Crippen molar-refractivity contribution in [3.63, 3.8) is 0 Å². The molecular weight excluding hydrogens is 313 g/mol. The normalized spacial score (nSPS) is 12.7. The Balaban J connectivity index is 3.32. The molecule has 0 bridgehead atoms. The summed E-state index contributed by atoms with van der Waals surface area (Å²) in [4.78, 5) is 21.6. The Bertz CT molecular complexity index is 580. The Morgan fingerprint density at radius 1 is 1.32 bits per heavy atom. The highest BCUT2D eigenvalue weighted by Gasteiger charge is 2.40. The van der Waals surface area contributed by atoms with E-state index in [1.807, 2.05) is 0 Å². The summed E-state index contributed by atoms with van der Waals surface area (Å²) < 4.78 is 28.3. The van der Waals surface area contributed by atoms with Gasteiger partial charge in [-0.3, -0.25) is 19.5 Å². The number of hydrogen-bond donors (Lipinski definition) is 0. The Labute approximate surface area is 128 Å². The van der Waals surface area contributed by atoms with Gasteiger partial charge in [0.15, 0.2) is 0 Å². The summed E-state index contributed by atoms with van der Waals surface area (Å²) >= 11 is 0. The van der Waals surface area contributed by atoms with Gasteiger partial charge in [-0.15, -0.1) is 0 Å². The van der Waals surface area contributed by atoms with E-state index in [9.17, 15) is 19.5 Å². The van der Waals surface area contributed by atoms with E-state index in [4.69, 9.17) is 13.8 Å². The number of carbonyl (C=O) groups is 1. The average Bonchev–Trinajstić information content (AvgIpc) is 2.45. The molecule has 0 spiro atoms. The molecule has 1 aromatic rings. The smallest absolute Gasteiger partial charge is 0.375 e. The molecule has 9 heteroatoms. The zero-order chi connectivity index (χ0) is 16.8. The largest absolute Gasteiger partial charge is 0.445 e. The zero-order valence-electron chi connectivity index (χ0n) is 12.6. The molecule has 0 amide bonds. The fourth-order valence-corrected chi connectivity index (χ4v) is 3.67. The van der Waals surface area contributed by atoms with Gasteiger partial charge in [0.25, 0.3) is 5.69 Å². The number of non-ortho nitro benzene ring substituents is 1. The molecule has 122 valence electrons. The predicted octanol–water partition coefficient (Wildman–Crippen LogP) is 3.42. The highest BCUT2D eigenvalue weighted by atomic mass is 31.2. The van der Waals surface area contributed by atoms with Crippen LogP contribution in [0.5, 0.6) is 0 Å². The van der Waals surface area contributed by atoms with E-state index in [1.165, 1.54) is 24.3 Å². The molecule has 22 heavy (non-hydrogen) atoms. The van der Waals surface area contributed by atoms with Crippen LogP contribution < -0.4 is 0 Å². The van der Waals surface area contributed by atoms with E-state index in [1.54, 1.807) is 13.8 Å². The second-order valence-corrected chi connectivity index (χ2v) is 6.25. The lowest BCUT2D eigenvalue weighted by molar-refractivity contribution is -0.385. The van der Waals surface area contributed by atoms with Crippen molar-refractivity contribution in [2.24, 2.45) is 0 Å². The van der Waals surface area contributed by atoms with Crippen LogP contribution in [0.25, 0.3) is 0 Å². The van der Waals surface area contributed by atoms with Crippen LogP contribution in [0.1, 0.15) is 32.2 Å². The second-order valence-electron chi connectivity index (χ2n) is 4.19. The minimum absolute atomic E-state index is 0.0734. The number of rotatable bonds is 8. The maximum atomic E-state index is 12.8. The van der Waals surface area contributed by atoms with Crippen LogP contribution in [0.2, 0.25) is 0 Å². The Morgan fingerprint density at radius 3 is 2.36 bits per heavy atom. The van der Waals surface area contributed by atoms with E-state index in [2.05, 4.69) is 0 Å². The number of nitrogens with zero attached hydrogens (tertiary/aromatic N) is 1. The van der Waals surface area contributed by atoms with Crippen molar-refractivity contribution in [3.05, 3.63) is 39.9 Å². The average molecular weight is 331 g/mol. The topological polar surface area (TPSA) is 105 Å². The third-order valence-electron chi connectivity index (χ3n) is 2.55. The highest BCUT2D eigenvalue weighted by Crippen LogP contribution is 2.61. The van der Waals surface area contributed by atoms with Gasteiger partial charge in [0, 0.05) is 24.6 Å². The molecule has 1 atom stereocenters. The standard InChI is InChI=1S/C13H18NO7P/c1-4-19-22(18,20-5-2)13(21-10(3)15)11-7-6-8-12(9-11)14(16)17/h6-9,13H,4-5H2,1-3H3. The van der Waals surface area contributed by atoms with Crippen LogP contribution >= 0.6 is 7.60 Å². The third kappa shape index (κ3) is 4.62. The van der Waals surface area contributed by atoms with Gasteiger partial charge in [-0.05, 0) is 13.8 Å². The first-order valence-corrected chi connectivity index (χ1v) is 8.25. The number of esters is 1. The van der Waals surface area contributed by atoms with E-state index in [0.717, 1.165) is 6.92 Å². The SMILES string of the molecule is CCOP(=O)(OCC)C(OC(C)=O)c1cccc([N+](=O)[O-])c1. The van der Waals surface area contributed by atoms with E-state index in [-0.39, 0.29) is 24.5 Å². The lowest BCUT2D eigenvalue weighted by atomic mass is 10.2. The molecule has 0 aliphatic carbocycles. The molecule has 0 aliphatic rings. The Kier molecular flexibility index (Phi) is 6.67. The Morgan fingerprint density at radius 2 is 1.91 bits per heavy atom. The number of nitro groups is 1. The maximum Gasteiger partial charge on any atom is 0.375 e. The summed E-state index contributed by atoms with van der Waals surface area (Å²) in [5, 5.41) is 10.9. The van der Waals surface area contributed by atoms with Crippen molar-refractivity contribution in [3.8, 4) is 0 Å². The van der Waals surface area contributed by atoms with Crippen molar-refractivity contribution in [1.29, 1.82) is 0 Å². The van der Waals surface area contributed by atoms with Crippen molar-refractivity contribution in [2.75, 3.05) is 13.2 Å². The van der Waals surface area contributed by atoms with Crippen LogP contribution in [0, 0.1) is 10.1 Å². The van der Waals surface area contributed by atoms with Gasteiger partial charge in [0.1, 0.15) is 0 Å². The third-order valence-corrected chi connectivity index (χ3v) is 4.76. The van der Waals surface area contributed by atoms with Gasteiger partial charge in [0.2, 0.25) is 5.85 Å². The summed E-state index contributed by atoms with van der Waals surface area (Å²) in [5.41, 5.74) is -0.0381. The summed E-state index contributed by atoms with van der Waals surface area (Å²) in [7, 11) is -3.82. The fraction of sp³-hybridized carbons (Fsp3) is 0.462. The van der Waals surface area contributed by atoms with Gasteiger partial charge < -0.3 is 13.8 Å². The number of nitro benzene ring substituents is 1.